The maximum atomic E-state index is 8.36. The molecule has 3 radical (unpaired) electrons. The second-order valence-corrected chi connectivity index (χ2v) is 0.211. The highest BCUT2D eigenvalue weighted by Crippen LogP contribution is 0.969. The van der Waals surface area contributed by atoms with Crippen molar-refractivity contribution in [3.05, 3.63) is 0 Å². The van der Waals surface area contributed by atoms with Gasteiger partial charge >= 0.3 is 0 Å². The van der Waals surface area contributed by atoms with Crippen molar-refractivity contribution in [3.8, 4) is 0 Å². The predicted octanol–water partition coefficient (Wildman–Crippen LogP) is -1.80. The summed E-state index contributed by atoms with van der Waals surface area (Å²) >= 11 is 0. The summed E-state index contributed by atoms with van der Waals surface area (Å²) in [4.78, 5) is 16.7. The summed E-state index contributed by atoms with van der Waals surface area (Å²) in [6.45, 7) is -0.500. The standard InChI is InChI=1S/2CH2O2.Al.H2O/c2*2-1-3;;/h2*1H,(H,2,3);;1H2. The van der Waals surface area contributed by atoms with E-state index < -0.39 is 0 Å². The first-order valence-electron chi connectivity index (χ1n) is 0.988. The Morgan fingerprint density at radius 1 is 1.00 bits per heavy atom. The Hall–Kier alpha value is -0.568. The fourth-order valence-electron chi connectivity index (χ4n) is 0. The fourth-order valence-corrected chi connectivity index (χ4v) is 0. The zero-order chi connectivity index (χ0) is 5.41. The van der Waals surface area contributed by atoms with Gasteiger partial charge in [-0.05, 0) is 0 Å². The van der Waals surface area contributed by atoms with Gasteiger partial charge in [-0.1, -0.05) is 0 Å². The van der Waals surface area contributed by atoms with Crippen LogP contribution in [0, 0.1) is 0 Å². The monoisotopic (exact) mass is 137 g/mol. The molecule has 6 heteroatoms. The maximum absolute atomic E-state index is 8.36. The van der Waals surface area contributed by atoms with E-state index in [9.17, 15) is 0 Å². The van der Waals surface area contributed by atoms with Gasteiger partial charge in [0.1, 0.15) is 0 Å². The van der Waals surface area contributed by atoms with E-state index in [4.69, 9.17) is 19.8 Å². The lowest BCUT2D eigenvalue weighted by Gasteiger charge is -1.34. The van der Waals surface area contributed by atoms with Gasteiger partial charge in [0.15, 0.2) is 0 Å². The molecule has 0 fully saturated rings. The molecule has 0 rings (SSSR count). The van der Waals surface area contributed by atoms with Crippen molar-refractivity contribution in [1.29, 1.82) is 0 Å². The Morgan fingerprint density at radius 3 is 1.00 bits per heavy atom. The molecule has 0 bridgehead atoms. The van der Waals surface area contributed by atoms with Gasteiger partial charge in [-0.15, -0.1) is 0 Å². The third-order valence-corrected chi connectivity index (χ3v) is 0. The lowest BCUT2D eigenvalue weighted by atomic mass is 11.7. The molecular formula is C2H6AlO5. The minimum atomic E-state index is -0.250. The van der Waals surface area contributed by atoms with Crippen molar-refractivity contribution >= 4 is 30.3 Å². The van der Waals surface area contributed by atoms with Crippen LogP contribution < -0.4 is 0 Å². The van der Waals surface area contributed by atoms with Gasteiger partial charge in [0.2, 0.25) is 0 Å². The Labute approximate surface area is 56.4 Å². The van der Waals surface area contributed by atoms with Crippen LogP contribution in [0.4, 0.5) is 0 Å². The van der Waals surface area contributed by atoms with Crippen molar-refractivity contribution in [2.45, 2.75) is 0 Å². The number of hydrogen-bond donors (Lipinski definition) is 2. The van der Waals surface area contributed by atoms with Gasteiger partial charge in [-0.3, -0.25) is 9.59 Å². The van der Waals surface area contributed by atoms with E-state index in [1.807, 2.05) is 0 Å². The van der Waals surface area contributed by atoms with Crippen molar-refractivity contribution < 1.29 is 25.3 Å². The normalized spacial score (nSPS) is 3.00. The van der Waals surface area contributed by atoms with Gasteiger partial charge in [-0.25, -0.2) is 0 Å². The van der Waals surface area contributed by atoms with E-state index in [1.165, 1.54) is 0 Å². The SMILES string of the molecule is O.O=CO.O=CO.[Al]. The molecule has 0 saturated carbocycles. The molecule has 0 unspecified atom stereocenters. The molecule has 0 aliphatic heterocycles. The minimum absolute atomic E-state index is 0. The molecule has 0 spiro atoms. The van der Waals surface area contributed by atoms with E-state index in [2.05, 4.69) is 0 Å². The van der Waals surface area contributed by atoms with Gasteiger partial charge < -0.3 is 15.7 Å². The molecule has 5 nitrogen and oxygen atoms in total. The maximum Gasteiger partial charge on any atom is 0.290 e. The first-order valence-corrected chi connectivity index (χ1v) is 0.988. The van der Waals surface area contributed by atoms with Crippen LogP contribution in [0.25, 0.3) is 0 Å². The van der Waals surface area contributed by atoms with Crippen LogP contribution in [0.5, 0.6) is 0 Å². The Morgan fingerprint density at radius 2 is 1.00 bits per heavy atom. The largest absolute Gasteiger partial charge is 0.483 e. The van der Waals surface area contributed by atoms with Crippen LogP contribution in [-0.2, 0) is 9.59 Å². The summed E-state index contributed by atoms with van der Waals surface area (Å²) in [5, 5.41) is 13.8. The predicted molar refractivity (Wildman–Crippen MR) is 26.8 cm³/mol. The van der Waals surface area contributed by atoms with Crippen molar-refractivity contribution in [2.75, 3.05) is 0 Å². The lowest BCUT2D eigenvalue weighted by Crippen LogP contribution is -1.49. The van der Waals surface area contributed by atoms with Gasteiger partial charge in [-0.2, -0.15) is 0 Å². The highest BCUT2D eigenvalue weighted by Gasteiger charge is 1.22. The van der Waals surface area contributed by atoms with E-state index in [1.54, 1.807) is 0 Å². The van der Waals surface area contributed by atoms with Crippen LogP contribution in [0.1, 0.15) is 0 Å². The van der Waals surface area contributed by atoms with E-state index >= 15 is 0 Å². The lowest BCUT2D eigenvalue weighted by molar-refractivity contribution is -0.123. The second kappa shape index (κ2) is 92.5. The summed E-state index contributed by atoms with van der Waals surface area (Å²) in [6, 6.07) is 0. The summed E-state index contributed by atoms with van der Waals surface area (Å²) in [7, 11) is 0. The van der Waals surface area contributed by atoms with Crippen LogP contribution in [0.2, 0.25) is 0 Å². The Bertz CT molecular complexity index is 31.4. The third kappa shape index (κ3) is 331. The first kappa shape index (κ1) is 26.1. The summed E-state index contributed by atoms with van der Waals surface area (Å²) in [5.74, 6) is 0. The minimum Gasteiger partial charge on any atom is -0.483 e. The molecule has 0 aliphatic rings. The highest BCUT2D eigenvalue weighted by molar-refractivity contribution is 5.75. The summed E-state index contributed by atoms with van der Waals surface area (Å²) in [6.07, 6.45) is 0. The Kier molecular flexibility index (Phi) is 302. The zero-order valence-corrected chi connectivity index (χ0v) is 5.10. The average Bonchev–Trinajstić information content (AvgIpc) is 1.39. The highest BCUT2D eigenvalue weighted by atomic mass is 27.0. The van der Waals surface area contributed by atoms with E-state index in [-0.39, 0.29) is 35.8 Å². The van der Waals surface area contributed by atoms with Gasteiger partial charge in [0.05, 0.1) is 0 Å². The number of rotatable bonds is 0. The summed E-state index contributed by atoms with van der Waals surface area (Å²) < 4.78 is 0. The average molecular weight is 137 g/mol. The molecular weight excluding hydrogens is 131 g/mol. The van der Waals surface area contributed by atoms with Gasteiger partial charge in [0, 0.05) is 17.4 Å². The molecule has 0 aromatic heterocycles. The number of carboxylic acid groups (broad SMARTS) is 2. The van der Waals surface area contributed by atoms with E-state index in [0.29, 0.717) is 0 Å². The Balaban J connectivity index is -0.0000000160. The molecule has 8 heavy (non-hydrogen) atoms. The smallest absolute Gasteiger partial charge is 0.290 e. The molecule has 0 heterocycles. The number of hydrogen-bond acceptors (Lipinski definition) is 2. The molecule has 4 N–H and O–H groups in total. The summed E-state index contributed by atoms with van der Waals surface area (Å²) in [5.41, 5.74) is 0. The van der Waals surface area contributed by atoms with Crippen LogP contribution in [0.15, 0.2) is 0 Å². The van der Waals surface area contributed by atoms with Crippen molar-refractivity contribution in [3.63, 3.8) is 0 Å². The second-order valence-electron chi connectivity index (χ2n) is 0.211. The molecule has 0 aromatic rings. The molecule has 0 aromatic carbocycles. The van der Waals surface area contributed by atoms with Crippen molar-refractivity contribution in [1.82, 2.24) is 0 Å². The van der Waals surface area contributed by atoms with Crippen LogP contribution in [0.3, 0.4) is 0 Å². The number of carbonyl (C=O) groups is 2. The molecule has 47 valence electrons. The molecule has 0 amide bonds. The topological polar surface area (TPSA) is 106 Å². The molecule has 0 saturated heterocycles. The quantitative estimate of drug-likeness (QED) is 0.303. The molecule has 0 atom stereocenters. The van der Waals surface area contributed by atoms with Crippen molar-refractivity contribution in [2.24, 2.45) is 0 Å². The van der Waals surface area contributed by atoms with Gasteiger partial charge in [0.25, 0.3) is 12.9 Å². The first-order chi connectivity index (χ1) is 2.83. The fraction of sp³-hybridized carbons (Fsp3) is 0. The van der Waals surface area contributed by atoms with E-state index in [0.717, 1.165) is 0 Å². The van der Waals surface area contributed by atoms with Crippen LogP contribution >= 0.6 is 0 Å². The third-order valence-electron chi connectivity index (χ3n) is 0. The zero-order valence-electron chi connectivity index (χ0n) is 3.94. The van der Waals surface area contributed by atoms with Crippen LogP contribution in [-0.4, -0.2) is 46.0 Å². The molecule has 0 aliphatic carbocycles.